The van der Waals surface area contributed by atoms with E-state index in [0.717, 1.165) is 32.3 Å². The fourth-order valence-electron chi connectivity index (χ4n) is 5.17. The molecule has 0 radical (unpaired) electrons. The minimum absolute atomic E-state index is 0.0379. The number of nitrogens with one attached hydrogen (secondary N) is 2. The van der Waals surface area contributed by atoms with Crippen LogP contribution in [0.25, 0.3) is 11.1 Å². The summed E-state index contributed by atoms with van der Waals surface area (Å²) < 4.78 is 11.2. The third-order valence-corrected chi connectivity index (χ3v) is 7.86. The van der Waals surface area contributed by atoms with E-state index in [1.54, 1.807) is 42.5 Å². The number of benzene rings is 4. The molecule has 5 rings (SSSR count). The van der Waals surface area contributed by atoms with Gasteiger partial charge in [-0.1, -0.05) is 76.1 Å². The summed E-state index contributed by atoms with van der Waals surface area (Å²) >= 11 is 3.36. The van der Waals surface area contributed by atoms with E-state index in [1.807, 2.05) is 55.5 Å². The second-order valence-corrected chi connectivity index (χ2v) is 11.1. The van der Waals surface area contributed by atoms with Gasteiger partial charge in [-0.15, -0.1) is 0 Å². The van der Waals surface area contributed by atoms with Crippen LogP contribution in [-0.2, 0) is 19.1 Å². The molecule has 1 aliphatic rings. The summed E-state index contributed by atoms with van der Waals surface area (Å²) in [6.45, 7) is 1.87. The average molecular weight is 642 g/mol. The van der Waals surface area contributed by atoms with Crippen molar-refractivity contribution in [3.05, 3.63) is 123 Å². The number of hydrogen-bond donors (Lipinski definition) is 2. The third-order valence-electron chi connectivity index (χ3n) is 7.33. The fraction of sp³-hybridized carbons (Fsp3) is 0.176. The number of ether oxygens (including phenoxy) is 2. The minimum atomic E-state index is -1.32. The van der Waals surface area contributed by atoms with Gasteiger partial charge in [0.15, 0.2) is 5.78 Å². The Bertz CT molecular complexity index is 1660. The first kappa shape index (κ1) is 29.7. The predicted molar refractivity (Wildman–Crippen MR) is 166 cm³/mol. The highest BCUT2D eigenvalue weighted by Crippen LogP contribution is 2.44. The van der Waals surface area contributed by atoms with E-state index in [4.69, 9.17) is 9.47 Å². The first-order chi connectivity index (χ1) is 20.7. The van der Waals surface area contributed by atoms with E-state index in [1.165, 1.54) is 7.11 Å². The number of halogens is 1. The lowest BCUT2D eigenvalue weighted by molar-refractivity contribution is -0.142. The van der Waals surface area contributed by atoms with Crippen LogP contribution in [0.15, 0.2) is 95.5 Å². The van der Waals surface area contributed by atoms with Crippen molar-refractivity contribution in [2.45, 2.75) is 25.3 Å². The molecule has 0 saturated heterocycles. The lowest BCUT2D eigenvalue weighted by Crippen LogP contribution is -2.45. The number of anilines is 1. The molecule has 0 fully saturated rings. The topological polar surface area (TPSA) is 111 Å². The lowest BCUT2D eigenvalue weighted by Gasteiger charge is -2.20. The van der Waals surface area contributed by atoms with E-state index >= 15 is 0 Å². The van der Waals surface area contributed by atoms with Crippen LogP contribution in [0, 0.1) is 6.92 Å². The summed E-state index contributed by atoms with van der Waals surface area (Å²) in [5.74, 6) is -1.87. The Labute approximate surface area is 257 Å². The third kappa shape index (κ3) is 6.67. The average Bonchev–Trinajstić information content (AvgIpc) is 3.34. The standard InChI is InChI=1S/C34H29BrN2O6/c1-20-11-16-29(27(17-20)32(39)21-12-14-22(35)15-13-21)36-33(40)30(18-31(38)42-2)37-34(41)43-19-28-25-9-5-3-7-23(25)24-8-4-6-10-26(24)28/h3-17,28,30H,18-19H2,1-2H3,(H,36,40)(H,37,41)/t30-/m0/s1. The molecule has 8 nitrogen and oxygen atoms in total. The van der Waals surface area contributed by atoms with E-state index < -0.39 is 30.4 Å². The Morgan fingerprint density at radius 2 is 1.49 bits per heavy atom. The molecule has 0 heterocycles. The first-order valence-corrected chi connectivity index (χ1v) is 14.4. The highest BCUT2D eigenvalue weighted by molar-refractivity contribution is 9.10. The Kier molecular flexibility index (Phi) is 9.01. The zero-order valence-corrected chi connectivity index (χ0v) is 25.1. The molecule has 9 heteroatoms. The van der Waals surface area contributed by atoms with Gasteiger partial charge in [0.1, 0.15) is 12.6 Å². The minimum Gasteiger partial charge on any atom is -0.469 e. The van der Waals surface area contributed by atoms with Crippen molar-refractivity contribution in [3.8, 4) is 11.1 Å². The Morgan fingerprint density at radius 3 is 2.12 bits per heavy atom. The van der Waals surface area contributed by atoms with Gasteiger partial charge >= 0.3 is 12.1 Å². The SMILES string of the molecule is COC(=O)C[C@H](NC(=O)OCC1c2ccccc2-c2ccccc21)C(=O)Nc1ccc(C)cc1C(=O)c1ccc(Br)cc1. The number of aryl methyl sites for hydroxylation is 1. The van der Waals surface area contributed by atoms with Crippen molar-refractivity contribution in [3.63, 3.8) is 0 Å². The molecule has 218 valence electrons. The molecule has 0 spiro atoms. The molecular formula is C34H29BrN2O6. The number of ketones is 1. The van der Waals surface area contributed by atoms with Crippen LogP contribution >= 0.6 is 15.9 Å². The van der Waals surface area contributed by atoms with Crippen molar-refractivity contribution < 1.29 is 28.7 Å². The van der Waals surface area contributed by atoms with Gasteiger partial charge in [-0.2, -0.15) is 0 Å². The van der Waals surface area contributed by atoms with Gasteiger partial charge < -0.3 is 20.1 Å². The maximum absolute atomic E-state index is 13.4. The van der Waals surface area contributed by atoms with Crippen LogP contribution in [0.5, 0.6) is 0 Å². The van der Waals surface area contributed by atoms with Crippen LogP contribution in [0.1, 0.15) is 45.0 Å². The van der Waals surface area contributed by atoms with Crippen LogP contribution in [0.2, 0.25) is 0 Å². The molecule has 0 bridgehead atoms. The number of alkyl carbamates (subject to hydrolysis) is 1. The lowest BCUT2D eigenvalue weighted by atomic mass is 9.98. The Balaban J connectivity index is 1.31. The number of fused-ring (bicyclic) bond motifs is 3. The summed E-state index contributed by atoms with van der Waals surface area (Å²) in [6, 6.07) is 26.5. The Hall–Kier alpha value is -4.76. The van der Waals surface area contributed by atoms with Gasteiger partial charge in [-0.3, -0.25) is 14.4 Å². The van der Waals surface area contributed by atoms with Gasteiger partial charge in [0.25, 0.3) is 0 Å². The zero-order chi connectivity index (χ0) is 30.5. The van der Waals surface area contributed by atoms with Crippen molar-refractivity contribution in [2.75, 3.05) is 19.0 Å². The van der Waals surface area contributed by atoms with Crippen LogP contribution in [0.4, 0.5) is 10.5 Å². The second kappa shape index (κ2) is 13.0. The molecule has 1 atom stereocenters. The molecule has 2 N–H and O–H groups in total. The van der Waals surface area contributed by atoms with Crippen LogP contribution < -0.4 is 10.6 Å². The maximum atomic E-state index is 13.4. The van der Waals surface area contributed by atoms with Crippen LogP contribution in [-0.4, -0.2) is 43.5 Å². The van der Waals surface area contributed by atoms with Crippen molar-refractivity contribution >= 4 is 45.4 Å². The van der Waals surface area contributed by atoms with Crippen molar-refractivity contribution in [2.24, 2.45) is 0 Å². The number of esters is 1. The first-order valence-electron chi connectivity index (χ1n) is 13.6. The molecule has 0 aromatic heterocycles. The monoisotopic (exact) mass is 640 g/mol. The van der Waals surface area contributed by atoms with E-state index in [-0.39, 0.29) is 29.6 Å². The number of methoxy groups -OCH3 is 1. The maximum Gasteiger partial charge on any atom is 0.407 e. The molecule has 4 aromatic carbocycles. The van der Waals surface area contributed by atoms with Crippen LogP contribution in [0.3, 0.4) is 0 Å². The van der Waals surface area contributed by atoms with E-state index in [0.29, 0.717) is 5.56 Å². The molecular weight excluding hydrogens is 612 g/mol. The van der Waals surface area contributed by atoms with Gasteiger partial charge in [-0.05, 0) is 65.6 Å². The molecule has 0 unspecified atom stereocenters. The van der Waals surface area contributed by atoms with Gasteiger partial charge in [-0.25, -0.2) is 4.79 Å². The summed E-state index contributed by atoms with van der Waals surface area (Å²) in [5.41, 5.74) is 6.03. The summed E-state index contributed by atoms with van der Waals surface area (Å²) in [7, 11) is 1.19. The highest BCUT2D eigenvalue weighted by atomic mass is 79.9. The molecule has 43 heavy (non-hydrogen) atoms. The smallest absolute Gasteiger partial charge is 0.407 e. The largest absolute Gasteiger partial charge is 0.469 e. The number of carbonyl (C=O) groups is 4. The van der Waals surface area contributed by atoms with Crippen molar-refractivity contribution in [1.29, 1.82) is 0 Å². The molecule has 2 amide bonds. The van der Waals surface area contributed by atoms with Gasteiger partial charge in [0, 0.05) is 21.5 Å². The molecule has 0 saturated carbocycles. The van der Waals surface area contributed by atoms with Gasteiger partial charge in [0.05, 0.1) is 19.2 Å². The number of amides is 2. The Morgan fingerprint density at radius 1 is 0.860 bits per heavy atom. The van der Waals surface area contributed by atoms with E-state index in [9.17, 15) is 19.2 Å². The number of rotatable bonds is 9. The molecule has 0 aliphatic heterocycles. The number of hydrogen-bond acceptors (Lipinski definition) is 6. The van der Waals surface area contributed by atoms with Crippen molar-refractivity contribution in [1.82, 2.24) is 5.32 Å². The normalized spacial score (nSPS) is 12.4. The fourth-order valence-corrected chi connectivity index (χ4v) is 5.44. The summed E-state index contributed by atoms with van der Waals surface area (Å²) in [6.07, 6.45) is -1.30. The quantitative estimate of drug-likeness (QED) is 0.162. The summed E-state index contributed by atoms with van der Waals surface area (Å²) in [4.78, 5) is 51.9. The zero-order valence-electron chi connectivity index (χ0n) is 23.6. The number of carbonyl (C=O) groups excluding carboxylic acids is 4. The van der Waals surface area contributed by atoms with Gasteiger partial charge in [0.2, 0.25) is 5.91 Å². The highest BCUT2D eigenvalue weighted by Gasteiger charge is 2.31. The summed E-state index contributed by atoms with van der Waals surface area (Å²) in [5, 5.41) is 5.22. The molecule has 4 aromatic rings. The predicted octanol–water partition coefficient (Wildman–Crippen LogP) is 6.40. The van der Waals surface area contributed by atoms with E-state index in [2.05, 4.69) is 26.6 Å². The molecule has 1 aliphatic carbocycles. The second-order valence-electron chi connectivity index (χ2n) is 10.2.